The second kappa shape index (κ2) is 32.6. The Morgan fingerprint density at radius 1 is 0.632 bits per heavy atom. The Hall–Kier alpha value is -5.15. The van der Waals surface area contributed by atoms with E-state index in [-0.39, 0.29) is 79.9 Å². The van der Waals surface area contributed by atoms with E-state index in [2.05, 4.69) is 132 Å². The van der Waals surface area contributed by atoms with Gasteiger partial charge in [0.25, 0.3) is 17.7 Å². The van der Waals surface area contributed by atoms with Gasteiger partial charge < -0.3 is 52.2 Å². The number of rotatable bonds is 9. The molecule has 4 N–H and O–H groups in total. The lowest BCUT2D eigenvalue weighted by Gasteiger charge is -2.13. The fraction of sp³-hybridized carbons (Fsp3) is 0.0577. The predicted molar refractivity (Wildman–Crippen MR) is 357 cm³/mol. The van der Waals surface area contributed by atoms with Gasteiger partial charge >= 0.3 is 10.8 Å². The van der Waals surface area contributed by atoms with E-state index in [0.29, 0.717) is 89.0 Å². The number of nitrogens with one attached hydrogen (secondary N) is 2. The van der Waals surface area contributed by atoms with Gasteiger partial charge in [-0.2, -0.15) is 15.3 Å². The third-order valence-corrected chi connectivity index (χ3v) is 13.6. The molecule has 0 radical (unpaired) electrons. The zero-order chi connectivity index (χ0) is 61.5. The molecule has 7 heterocycles. The topological polar surface area (TPSA) is 258 Å². The van der Waals surface area contributed by atoms with Crippen LogP contribution in [0.1, 0.15) is 48.0 Å². The maximum Gasteiger partial charge on any atom is 0.347 e. The third-order valence-electron chi connectivity index (χ3n) is 10.9. The lowest BCUT2D eigenvalue weighted by atomic mass is 10.1. The number of primary amides is 1. The summed E-state index contributed by atoms with van der Waals surface area (Å²) >= 11 is 60.2. The highest BCUT2D eigenvalue weighted by Gasteiger charge is 2.24. The van der Waals surface area contributed by atoms with Crippen molar-refractivity contribution in [2.24, 2.45) is 5.73 Å². The number of fused-ring (bicyclic) bond motifs is 1. The van der Waals surface area contributed by atoms with Crippen molar-refractivity contribution in [2.75, 3.05) is 10.6 Å². The maximum atomic E-state index is 12.9. The maximum absolute atomic E-state index is 12.9. The monoisotopic (exact) mass is 1670 g/mol. The van der Waals surface area contributed by atoms with Crippen LogP contribution >= 0.6 is 156 Å². The number of aromatic nitrogens is 10. The Kier molecular flexibility index (Phi) is 27.8. The Bertz CT molecular complexity index is 4390. The summed E-state index contributed by atoms with van der Waals surface area (Å²) in [5.74, 6) is -0.581. The molecular weight excluding hydrogens is 1640 g/mol. The average molecular weight is 1680 g/mol. The van der Waals surface area contributed by atoms with Crippen LogP contribution in [0.15, 0.2) is 133 Å². The summed E-state index contributed by atoms with van der Waals surface area (Å²) in [6, 6.07) is 24.2. The standard InChI is InChI=1S/C17H12BrCl2N5O2.C17H10BrCl2N5O.C17H9BrCl2N4O2.CH3.BH4.Cl3OP.HI/c1-8-5-9(19)6-10(15(21)26)14(8)23-17(27)12-7-13(18)24-25(12)16-11(20)3-2-4-22-16;1-9-6-10(19)7-12(21-2)15(9)23-17(26)13-8-14(18)24-25(13)16-11(20)4-3-5-22-16;1-8-5-9(19)6-10-14(8)22-16(26-17(10)25)12-7-13(18)23-24(12)15-11(20)3-2-4-21-15;;;1-5(2,3)4;/h2-7H,1H3,(H2,21,26)(H,23,27);3-8H,1H3,(H,23,26);2-7H,1H3;1H3;1H4;;1H/q;;;2*-1;;/p-1. The van der Waals surface area contributed by atoms with E-state index >= 15 is 0 Å². The Balaban J connectivity index is 0.000000264. The van der Waals surface area contributed by atoms with Crippen LogP contribution in [0.3, 0.4) is 0 Å². The molecule has 20 nitrogen and oxygen atoms in total. The second-order valence-electron chi connectivity index (χ2n) is 16.7. The van der Waals surface area contributed by atoms with Crippen molar-refractivity contribution in [3.63, 3.8) is 0 Å². The molecule has 7 aromatic heterocycles. The zero-order valence-electron chi connectivity index (χ0n) is 43.7. The normalized spacial score (nSPS) is 10.5. The number of carbonyl (C=O) groups excluding carboxylic acids is 3. The van der Waals surface area contributed by atoms with E-state index in [1.54, 1.807) is 93.0 Å². The molecule has 0 aliphatic carbocycles. The highest BCUT2D eigenvalue weighted by atomic mass is 127. The van der Waals surface area contributed by atoms with Crippen molar-refractivity contribution >= 4 is 210 Å². The minimum Gasteiger partial charge on any atom is -1.00 e. The number of halogens is 13. The summed E-state index contributed by atoms with van der Waals surface area (Å²) in [5, 5.41) is 17.6. The Morgan fingerprint density at radius 3 is 1.49 bits per heavy atom. The number of benzene rings is 3. The molecule has 3 aromatic carbocycles. The number of nitrogens with two attached hydrogens (primary N) is 1. The molecule has 0 aliphatic heterocycles. The number of aryl methyl sites for hydroxylation is 3. The molecule has 87 heavy (non-hydrogen) atoms. The molecule has 10 aromatic rings. The molecular formula is C52H38BBr3Cl9IN14O6P-3. The Labute approximate surface area is 583 Å². The molecule has 0 saturated heterocycles. The van der Waals surface area contributed by atoms with E-state index in [0.717, 1.165) is 5.56 Å². The Morgan fingerprint density at radius 2 is 1.03 bits per heavy atom. The summed E-state index contributed by atoms with van der Waals surface area (Å²) in [5.41, 5.74) is 9.25. The van der Waals surface area contributed by atoms with Crippen LogP contribution in [-0.4, -0.2) is 75.4 Å². The van der Waals surface area contributed by atoms with Crippen molar-refractivity contribution in [3.05, 3.63) is 216 Å². The molecule has 0 bridgehead atoms. The SMILES string of the molecule is Cc1cc(Cl)cc(C(N)=O)c1NC(=O)c1cc(Br)nn1-c1ncccc1Cl.Cc1cc(Cl)cc2c(=O)oc(-c3cc(Br)nn3-c3ncccc3Cl)nc12.O=P(Cl)(Cl)Cl.[BH4-].[C-]#[N+]c1cc(Cl)cc(C)c1NC(=O)c1cc(Br)nn1-c1ncccc1Cl.[CH3-].[I-]. The lowest BCUT2D eigenvalue weighted by Crippen LogP contribution is -3.00. The molecule has 35 heteroatoms. The minimum absolute atomic E-state index is 0. The van der Waals surface area contributed by atoms with Gasteiger partial charge in [-0.15, -0.1) is 0 Å². The van der Waals surface area contributed by atoms with Gasteiger partial charge in [0.05, 0.1) is 43.8 Å². The molecule has 0 atom stereocenters. The first-order chi connectivity index (χ1) is 39.6. The average Bonchev–Trinajstić information content (AvgIpc) is 1.98. The number of carbonyl (C=O) groups is 3. The van der Waals surface area contributed by atoms with Crippen LogP contribution in [0.4, 0.5) is 17.1 Å². The summed E-state index contributed by atoms with van der Waals surface area (Å²) in [6.07, 6.45) is 4.68. The molecule has 0 spiro atoms. The first-order valence-electron chi connectivity index (χ1n) is 22.9. The summed E-state index contributed by atoms with van der Waals surface area (Å²) in [6.45, 7) is 12.6. The van der Waals surface area contributed by atoms with Crippen LogP contribution in [-0.2, 0) is 4.57 Å². The van der Waals surface area contributed by atoms with Gasteiger partial charge in [-0.1, -0.05) is 78.0 Å². The van der Waals surface area contributed by atoms with Crippen LogP contribution in [0.5, 0.6) is 0 Å². The zero-order valence-corrected chi connectivity index (χ0v) is 58.3. The molecule has 454 valence electrons. The molecule has 0 aliphatic rings. The van der Waals surface area contributed by atoms with Gasteiger partial charge in [0, 0.05) is 57.5 Å². The van der Waals surface area contributed by atoms with Gasteiger partial charge in [-0.05, 0) is 192 Å². The fourth-order valence-electron chi connectivity index (χ4n) is 7.47. The van der Waals surface area contributed by atoms with Gasteiger partial charge in [0.1, 0.15) is 30.9 Å². The van der Waals surface area contributed by atoms with Crippen LogP contribution in [0.2, 0.25) is 30.1 Å². The first kappa shape index (κ1) is 74.3. The van der Waals surface area contributed by atoms with Gasteiger partial charge in [0.15, 0.2) is 17.5 Å². The summed E-state index contributed by atoms with van der Waals surface area (Å²) in [7, 11) is 0. The quantitative estimate of drug-likeness (QED) is 0.0526. The van der Waals surface area contributed by atoms with Crippen molar-refractivity contribution in [1.29, 1.82) is 0 Å². The van der Waals surface area contributed by atoms with E-state index in [1.807, 2.05) is 6.92 Å². The van der Waals surface area contributed by atoms with Crippen molar-refractivity contribution in [2.45, 2.75) is 20.8 Å². The molecule has 0 saturated carbocycles. The molecule has 0 unspecified atom stereocenters. The van der Waals surface area contributed by atoms with Crippen molar-refractivity contribution in [1.82, 2.24) is 49.3 Å². The van der Waals surface area contributed by atoms with Crippen molar-refractivity contribution < 1.29 is 47.3 Å². The molecule has 10 rings (SSSR count). The lowest BCUT2D eigenvalue weighted by molar-refractivity contribution is -0.0000409. The smallest absolute Gasteiger partial charge is 0.347 e. The van der Waals surface area contributed by atoms with Gasteiger partial charge in [0.2, 0.25) is 11.6 Å². The van der Waals surface area contributed by atoms with E-state index in [4.69, 9.17) is 86.3 Å². The van der Waals surface area contributed by atoms with Crippen LogP contribution in [0.25, 0.3) is 44.8 Å². The first-order valence-corrected chi connectivity index (χ1v) is 32.0. The highest BCUT2D eigenvalue weighted by Crippen LogP contribution is 2.61. The van der Waals surface area contributed by atoms with Gasteiger partial charge in [-0.25, -0.2) is 43.6 Å². The second-order valence-corrected chi connectivity index (χ2v) is 28.3. The molecule has 3 amide bonds. The molecule has 0 fully saturated rings. The number of anilines is 2. The summed E-state index contributed by atoms with van der Waals surface area (Å²) in [4.78, 5) is 70.4. The summed E-state index contributed by atoms with van der Waals surface area (Å²) < 4.78 is 20.4. The largest absolute Gasteiger partial charge is 1.00 e. The predicted octanol–water partition coefficient (Wildman–Crippen LogP) is 13.1. The number of amides is 3. The van der Waals surface area contributed by atoms with Gasteiger partial charge in [-0.3, -0.25) is 18.9 Å². The number of pyridine rings is 3. The third kappa shape index (κ3) is 19.2. The van der Waals surface area contributed by atoms with E-state index < -0.39 is 28.5 Å². The van der Waals surface area contributed by atoms with Crippen molar-refractivity contribution in [3.8, 4) is 29.0 Å². The van der Waals surface area contributed by atoms with Crippen LogP contribution < -0.4 is 46.0 Å². The highest BCUT2D eigenvalue weighted by molar-refractivity contribution is 9.11. The number of nitrogens with zero attached hydrogens (tertiary/aromatic N) is 11. The van der Waals surface area contributed by atoms with E-state index in [1.165, 1.54) is 44.5 Å². The minimum atomic E-state index is -3.22. The van der Waals surface area contributed by atoms with Crippen LogP contribution in [0, 0.1) is 34.8 Å². The number of hydrogen-bond acceptors (Lipinski definition) is 13. The fourth-order valence-corrected chi connectivity index (χ4v) is 10.0. The number of hydrogen-bond donors (Lipinski definition) is 3. The van der Waals surface area contributed by atoms with E-state index in [9.17, 15) is 23.7 Å².